The smallest absolute Gasteiger partial charge is 0.412 e. The van der Waals surface area contributed by atoms with Crippen molar-refractivity contribution in [3.8, 4) is 11.4 Å². The molecular weight excluding hydrogens is 390 g/mol. The van der Waals surface area contributed by atoms with Gasteiger partial charge in [-0.3, -0.25) is 4.90 Å². The fraction of sp³-hybridized carbons (Fsp3) is 0.600. The first-order chi connectivity index (χ1) is 14.2. The first kappa shape index (κ1) is 23.3. The van der Waals surface area contributed by atoms with Gasteiger partial charge in [-0.25, -0.2) is 9.78 Å². The summed E-state index contributed by atoms with van der Waals surface area (Å²) in [5, 5.41) is 0. The minimum absolute atomic E-state index is 0.0103. The Kier molecular flexibility index (Phi) is 6.00. The Hall–Kier alpha value is -2.34. The highest BCUT2D eigenvalue weighted by Gasteiger charge is 2.45. The van der Waals surface area contributed by atoms with Gasteiger partial charge >= 0.3 is 6.09 Å². The van der Waals surface area contributed by atoms with Gasteiger partial charge in [0.2, 0.25) is 0 Å². The van der Waals surface area contributed by atoms with Crippen LogP contribution in [0.15, 0.2) is 30.5 Å². The molecule has 1 saturated heterocycles. The largest absolute Gasteiger partial charge is 0.444 e. The molecule has 0 N–H and O–H groups in total. The number of aromatic nitrogens is 2. The molecule has 1 aliphatic rings. The molecule has 0 radical (unpaired) electrons. The fourth-order valence-corrected chi connectivity index (χ4v) is 3.87. The Morgan fingerprint density at radius 1 is 1.16 bits per heavy atom. The number of carbonyl (C=O) groups excluding carboxylic acids is 1. The van der Waals surface area contributed by atoms with E-state index in [-0.39, 0.29) is 17.6 Å². The molecule has 0 spiro atoms. The van der Waals surface area contributed by atoms with Crippen molar-refractivity contribution < 1.29 is 14.3 Å². The lowest BCUT2D eigenvalue weighted by molar-refractivity contribution is -0.0624. The summed E-state index contributed by atoms with van der Waals surface area (Å²) in [6.45, 7) is 16.5. The number of hydrogen-bond acceptors (Lipinski definition) is 4. The van der Waals surface area contributed by atoms with Gasteiger partial charge in [-0.1, -0.05) is 45.0 Å². The van der Waals surface area contributed by atoms with Crippen molar-refractivity contribution in [3.05, 3.63) is 41.7 Å². The number of rotatable bonds is 3. The summed E-state index contributed by atoms with van der Waals surface area (Å²) in [4.78, 5) is 19.4. The maximum Gasteiger partial charge on any atom is 0.412 e. The van der Waals surface area contributed by atoms with Crippen LogP contribution in [0.25, 0.3) is 11.4 Å². The number of benzene rings is 1. The summed E-state index contributed by atoms with van der Waals surface area (Å²) in [6.07, 6.45) is 2.47. The number of nitrogens with zero attached hydrogens (tertiary/aromatic N) is 3. The molecule has 1 aromatic carbocycles. The van der Waals surface area contributed by atoms with E-state index in [2.05, 4.69) is 55.8 Å². The summed E-state index contributed by atoms with van der Waals surface area (Å²) < 4.78 is 13.6. The van der Waals surface area contributed by atoms with Crippen molar-refractivity contribution >= 4 is 6.09 Å². The van der Waals surface area contributed by atoms with Gasteiger partial charge in [0.25, 0.3) is 0 Å². The summed E-state index contributed by atoms with van der Waals surface area (Å²) in [6, 6.07) is 8.35. The van der Waals surface area contributed by atoms with Gasteiger partial charge < -0.3 is 14.0 Å². The van der Waals surface area contributed by atoms with E-state index in [1.54, 1.807) is 4.90 Å². The number of carbonyl (C=O) groups is 1. The second-order valence-corrected chi connectivity index (χ2v) is 11.0. The highest BCUT2D eigenvalue weighted by molar-refractivity contribution is 5.70. The quantitative estimate of drug-likeness (QED) is 0.667. The summed E-state index contributed by atoms with van der Waals surface area (Å²) >= 11 is 0. The number of aryl methyl sites for hydroxylation is 1. The highest BCUT2D eigenvalue weighted by atomic mass is 16.6. The Morgan fingerprint density at radius 2 is 1.77 bits per heavy atom. The molecule has 31 heavy (non-hydrogen) atoms. The molecule has 2 aromatic rings. The molecule has 1 fully saturated rings. The first-order valence-electron chi connectivity index (χ1n) is 11.0. The van der Waals surface area contributed by atoms with E-state index in [4.69, 9.17) is 14.5 Å². The Bertz CT molecular complexity index is 930. The Morgan fingerprint density at radius 3 is 2.29 bits per heavy atom. The molecule has 1 aromatic heterocycles. The Labute approximate surface area is 186 Å². The standard InChI is InChI=1S/C25H37N3O3/c1-23(2,3)20-15-27(9)21(26-20)18-12-10-17(11-13-18)14-19-16-30-25(7,8)28(19)22(29)31-24(4,5)6/h10-13,15,19H,14,16H2,1-9H3/t19-/m0/s1. The van der Waals surface area contributed by atoms with E-state index in [9.17, 15) is 4.79 Å². The molecule has 1 amide bonds. The van der Waals surface area contributed by atoms with Gasteiger partial charge in [-0.2, -0.15) is 0 Å². The predicted octanol–water partition coefficient (Wildman–Crippen LogP) is 5.30. The van der Waals surface area contributed by atoms with Crippen LogP contribution in [0, 0.1) is 0 Å². The van der Waals surface area contributed by atoms with Gasteiger partial charge in [0.05, 0.1) is 18.3 Å². The van der Waals surface area contributed by atoms with Crippen LogP contribution in [0.3, 0.4) is 0 Å². The molecule has 0 aliphatic carbocycles. The first-order valence-corrected chi connectivity index (χ1v) is 11.0. The number of amides is 1. The van der Waals surface area contributed by atoms with Gasteiger partial charge in [0.1, 0.15) is 17.2 Å². The maximum absolute atomic E-state index is 12.8. The lowest BCUT2D eigenvalue weighted by Crippen LogP contribution is -2.50. The summed E-state index contributed by atoms with van der Waals surface area (Å²) in [7, 11) is 2.03. The van der Waals surface area contributed by atoms with E-state index in [0.717, 1.165) is 22.6 Å². The third kappa shape index (κ3) is 5.29. The summed E-state index contributed by atoms with van der Waals surface area (Å²) in [5.41, 5.74) is 2.07. The monoisotopic (exact) mass is 427 g/mol. The van der Waals surface area contributed by atoms with Crippen LogP contribution in [0.1, 0.15) is 66.6 Å². The zero-order valence-corrected chi connectivity index (χ0v) is 20.4. The maximum atomic E-state index is 12.8. The second-order valence-electron chi connectivity index (χ2n) is 11.0. The van der Waals surface area contributed by atoms with Crippen molar-refractivity contribution in [2.45, 2.75) is 84.6 Å². The van der Waals surface area contributed by atoms with E-state index in [1.807, 2.05) is 41.7 Å². The van der Waals surface area contributed by atoms with Gasteiger partial charge in [0.15, 0.2) is 0 Å². The molecule has 3 rings (SSSR count). The highest BCUT2D eigenvalue weighted by Crippen LogP contribution is 2.32. The van der Waals surface area contributed by atoms with Crippen molar-refractivity contribution in [1.29, 1.82) is 0 Å². The molecule has 1 aliphatic heterocycles. The SMILES string of the molecule is Cn1cc(C(C)(C)C)nc1-c1ccc(C[C@H]2COC(C)(C)N2C(=O)OC(C)(C)C)cc1. The molecule has 170 valence electrons. The molecule has 0 bridgehead atoms. The zero-order chi connectivity index (χ0) is 23.2. The van der Waals surface area contributed by atoms with Crippen molar-refractivity contribution in [2.24, 2.45) is 7.05 Å². The minimum Gasteiger partial charge on any atom is -0.444 e. The fourth-order valence-electron chi connectivity index (χ4n) is 3.87. The lowest BCUT2D eigenvalue weighted by Gasteiger charge is -2.35. The molecule has 1 atom stereocenters. The third-order valence-electron chi connectivity index (χ3n) is 5.49. The van der Waals surface area contributed by atoms with Crippen LogP contribution in [0.4, 0.5) is 4.79 Å². The average molecular weight is 428 g/mol. The molecule has 6 heteroatoms. The van der Waals surface area contributed by atoms with E-state index < -0.39 is 11.3 Å². The van der Waals surface area contributed by atoms with Crippen molar-refractivity contribution in [3.63, 3.8) is 0 Å². The van der Waals surface area contributed by atoms with Crippen LogP contribution in [0.2, 0.25) is 0 Å². The van der Waals surface area contributed by atoms with E-state index >= 15 is 0 Å². The van der Waals surface area contributed by atoms with E-state index in [0.29, 0.717) is 13.0 Å². The minimum atomic E-state index is -0.691. The third-order valence-corrected chi connectivity index (χ3v) is 5.49. The molecular formula is C25H37N3O3. The van der Waals surface area contributed by atoms with Crippen LogP contribution < -0.4 is 0 Å². The normalized spacial score (nSPS) is 19.0. The number of ether oxygens (including phenoxy) is 2. The Balaban J connectivity index is 1.77. The van der Waals surface area contributed by atoms with Crippen molar-refractivity contribution in [1.82, 2.24) is 14.5 Å². The molecule has 2 heterocycles. The topological polar surface area (TPSA) is 56.6 Å². The van der Waals surface area contributed by atoms with Gasteiger partial charge in [0, 0.05) is 24.2 Å². The van der Waals surface area contributed by atoms with Crippen LogP contribution >= 0.6 is 0 Å². The lowest BCUT2D eigenvalue weighted by atomic mass is 9.93. The van der Waals surface area contributed by atoms with Crippen LogP contribution in [-0.4, -0.2) is 44.5 Å². The average Bonchev–Trinajstić information content (AvgIpc) is 3.14. The summed E-state index contributed by atoms with van der Waals surface area (Å²) in [5.74, 6) is 0.956. The second kappa shape index (κ2) is 7.97. The van der Waals surface area contributed by atoms with Gasteiger partial charge in [-0.05, 0) is 46.6 Å². The number of imidazole rings is 1. The van der Waals surface area contributed by atoms with Crippen LogP contribution in [-0.2, 0) is 28.4 Å². The van der Waals surface area contributed by atoms with Crippen molar-refractivity contribution in [2.75, 3.05) is 6.61 Å². The van der Waals surface area contributed by atoms with Gasteiger partial charge in [-0.15, -0.1) is 0 Å². The molecule has 6 nitrogen and oxygen atoms in total. The molecule has 0 unspecified atom stereocenters. The van der Waals surface area contributed by atoms with E-state index in [1.165, 1.54) is 0 Å². The number of hydrogen-bond donors (Lipinski definition) is 0. The van der Waals surface area contributed by atoms with Crippen LogP contribution in [0.5, 0.6) is 0 Å². The predicted molar refractivity (Wildman–Crippen MR) is 123 cm³/mol. The molecule has 0 saturated carbocycles. The zero-order valence-electron chi connectivity index (χ0n) is 20.4.